The lowest BCUT2D eigenvalue weighted by atomic mass is 9.82. The van der Waals surface area contributed by atoms with Gasteiger partial charge in [0.25, 0.3) is 0 Å². The number of amides is 1. The minimum atomic E-state index is -4.34. The molecule has 1 saturated heterocycles. The minimum Gasteiger partial charge on any atom is -0.449 e. The number of ether oxygens (including phenoxy) is 1. The van der Waals surface area contributed by atoms with E-state index in [4.69, 9.17) is 4.74 Å². The van der Waals surface area contributed by atoms with E-state index in [0.717, 1.165) is 12.1 Å². The van der Waals surface area contributed by atoms with Crippen LogP contribution in [0.25, 0.3) is 0 Å². The quantitative estimate of drug-likeness (QED) is 0.842. The van der Waals surface area contributed by atoms with E-state index < -0.39 is 23.2 Å². The second-order valence-corrected chi connectivity index (χ2v) is 4.57. The van der Waals surface area contributed by atoms with Gasteiger partial charge in [-0.15, -0.1) is 0 Å². The number of carbonyl (C=O) groups excluding carboxylic acids is 1. The maximum atomic E-state index is 12.4. The van der Waals surface area contributed by atoms with Gasteiger partial charge in [-0.3, -0.25) is 0 Å². The number of carbonyl (C=O) groups is 1. The van der Waals surface area contributed by atoms with Gasteiger partial charge in [-0.1, -0.05) is 19.1 Å². The third-order valence-electron chi connectivity index (χ3n) is 3.05. The monoisotopic (exact) mass is 259 g/mol. The summed E-state index contributed by atoms with van der Waals surface area (Å²) in [6.07, 6.45) is -4.84. The molecule has 0 bridgehead atoms. The highest BCUT2D eigenvalue weighted by Gasteiger charge is 2.35. The highest BCUT2D eigenvalue weighted by Crippen LogP contribution is 2.32. The maximum Gasteiger partial charge on any atom is 0.416 e. The van der Waals surface area contributed by atoms with Crippen molar-refractivity contribution in [2.75, 3.05) is 13.2 Å². The summed E-state index contributed by atoms with van der Waals surface area (Å²) in [4.78, 5) is 10.9. The fourth-order valence-electron chi connectivity index (χ4n) is 1.84. The lowest BCUT2D eigenvalue weighted by molar-refractivity contribution is -0.137. The van der Waals surface area contributed by atoms with Gasteiger partial charge in [0.15, 0.2) is 0 Å². The summed E-state index contributed by atoms with van der Waals surface area (Å²) >= 11 is 0. The Kier molecular flexibility index (Phi) is 2.96. The van der Waals surface area contributed by atoms with Crippen molar-refractivity contribution < 1.29 is 22.7 Å². The van der Waals surface area contributed by atoms with Gasteiger partial charge in [-0.2, -0.15) is 13.2 Å². The molecule has 1 unspecified atom stereocenters. The summed E-state index contributed by atoms with van der Waals surface area (Å²) in [5, 5.41) is 2.53. The zero-order chi connectivity index (χ0) is 13.4. The summed E-state index contributed by atoms with van der Waals surface area (Å²) in [7, 11) is 0. The number of alkyl halides is 3. The first-order chi connectivity index (χ1) is 8.31. The Morgan fingerprint density at radius 1 is 1.28 bits per heavy atom. The number of hydrogen-bond donors (Lipinski definition) is 1. The molecule has 0 aromatic heterocycles. The van der Waals surface area contributed by atoms with Crippen molar-refractivity contribution in [3.05, 3.63) is 35.4 Å². The number of rotatable bonds is 1. The molecule has 3 nitrogen and oxygen atoms in total. The highest BCUT2D eigenvalue weighted by molar-refractivity contribution is 5.68. The molecule has 2 rings (SSSR count). The molecule has 1 aromatic rings. The zero-order valence-electron chi connectivity index (χ0n) is 9.67. The van der Waals surface area contributed by atoms with Crippen molar-refractivity contribution in [1.82, 2.24) is 5.32 Å². The molecule has 1 N–H and O–H groups in total. The van der Waals surface area contributed by atoms with E-state index in [1.165, 1.54) is 12.1 Å². The van der Waals surface area contributed by atoms with Crippen LogP contribution < -0.4 is 5.32 Å². The molecule has 1 amide bonds. The van der Waals surface area contributed by atoms with Crippen LogP contribution in [0.4, 0.5) is 18.0 Å². The highest BCUT2D eigenvalue weighted by atomic mass is 19.4. The molecule has 0 saturated carbocycles. The molecular formula is C12H12F3NO2. The topological polar surface area (TPSA) is 38.3 Å². The molecule has 1 fully saturated rings. The average molecular weight is 259 g/mol. The predicted octanol–water partition coefficient (Wildman–Crippen LogP) is 2.70. The SMILES string of the molecule is CC1(c2ccc(C(F)(F)F)cc2)CNC(=O)OC1. The Hall–Kier alpha value is -1.72. The average Bonchev–Trinajstić information content (AvgIpc) is 2.32. The van der Waals surface area contributed by atoms with Crippen LogP contribution in [0, 0.1) is 0 Å². The summed E-state index contributed by atoms with van der Waals surface area (Å²) in [5.74, 6) is 0. The van der Waals surface area contributed by atoms with Crippen LogP contribution in [0.2, 0.25) is 0 Å². The number of benzene rings is 1. The van der Waals surface area contributed by atoms with Crippen molar-refractivity contribution in [2.45, 2.75) is 18.5 Å². The van der Waals surface area contributed by atoms with E-state index in [1.807, 2.05) is 6.92 Å². The minimum absolute atomic E-state index is 0.157. The van der Waals surface area contributed by atoms with Crippen molar-refractivity contribution in [1.29, 1.82) is 0 Å². The predicted molar refractivity (Wildman–Crippen MR) is 58.1 cm³/mol. The molecule has 6 heteroatoms. The smallest absolute Gasteiger partial charge is 0.416 e. The van der Waals surface area contributed by atoms with E-state index in [0.29, 0.717) is 12.1 Å². The van der Waals surface area contributed by atoms with Gasteiger partial charge in [-0.25, -0.2) is 4.79 Å². The van der Waals surface area contributed by atoms with Gasteiger partial charge in [-0.05, 0) is 17.7 Å². The van der Waals surface area contributed by atoms with Crippen LogP contribution in [0.3, 0.4) is 0 Å². The van der Waals surface area contributed by atoms with Gasteiger partial charge in [0, 0.05) is 12.0 Å². The number of cyclic esters (lactones) is 1. The Morgan fingerprint density at radius 3 is 2.33 bits per heavy atom. The molecule has 0 radical (unpaired) electrons. The second-order valence-electron chi connectivity index (χ2n) is 4.57. The molecule has 1 atom stereocenters. The van der Waals surface area contributed by atoms with E-state index in [9.17, 15) is 18.0 Å². The molecule has 0 aliphatic carbocycles. The molecule has 1 aromatic carbocycles. The van der Waals surface area contributed by atoms with Crippen molar-refractivity contribution in [3.8, 4) is 0 Å². The summed E-state index contributed by atoms with van der Waals surface area (Å²) in [6.45, 7) is 2.33. The molecular weight excluding hydrogens is 247 g/mol. The zero-order valence-corrected chi connectivity index (χ0v) is 9.67. The number of alkyl carbamates (subject to hydrolysis) is 1. The summed E-state index contributed by atoms with van der Waals surface area (Å²) < 4.78 is 42.2. The molecule has 98 valence electrons. The second kappa shape index (κ2) is 4.19. The number of hydrogen-bond acceptors (Lipinski definition) is 2. The van der Waals surface area contributed by atoms with Crippen LogP contribution >= 0.6 is 0 Å². The van der Waals surface area contributed by atoms with Crippen molar-refractivity contribution in [2.24, 2.45) is 0 Å². The standard InChI is InChI=1S/C12H12F3NO2/c1-11(6-16-10(17)18-7-11)8-2-4-9(5-3-8)12(13,14)15/h2-5H,6-7H2,1H3,(H,16,17). The lowest BCUT2D eigenvalue weighted by Gasteiger charge is -2.33. The molecule has 1 aliphatic heterocycles. The third-order valence-corrected chi connectivity index (χ3v) is 3.05. The number of nitrogens with one attached hydrogen (secondary N) is 1. The largest absolute Gasteiger partial charge is 0.449 e. The van der Waals surface area contributed by atoms with Gasteiger partial charge < -0.3 is 10.1 Å². The number of halogens is 3. The summed E-state index contributed by atoms with van der Waals surface area (Å²) in [5.41, 5.74) is -0.482. The Balaban J connectivity index is 2.22. The molecule has 1 heterocycles. The molecule has 0 spiro atoms. The van der Waals surface area contributed by atoms with E-state index in [2.05, 4.69) is 5.32 Å². The van der Waals surface area contributed by atoms with Gasteiger partial charge >= 0.3 is 12.3 Å². The first kappa shape index (κ1) is 12.7. The molecule has 1 aliphatic rings. The Labute approximate surface area is 102 Å². The van der Waals surface area contributed by atoms with Gasteiger partial charge in [0.2, 0.25) is 0 Å². The fourth-order valence-corrected chi connectivity index (χ4v) is 1.84. The van der Waals surface area contributed by atoms with E-state index in [-0.39, 0.29) is 6.61 Å². The Morgan fingerprint density at radius 2 is 1.89 bits per heavy atom. The molecule has 18 heavy (non-hydrogen) atoms. The van der Waals surface area contributed by atoms with Crippen LogP contribution in [0.15, 0.2) is 24.3 Å². The van der Waals surface area contributed by atoms with Crippen LogP contribution in [-0.2, 0) is 16.3 Å². The first-order valence-electron chi connectivity index (χ1n) is 5.40. The van der Waals surface area contributed by atoms with Crippen LogP contribution in [0.1, 0.15) is 18.1 Å². The van der Waals surface area contributed by atoms with Crippen molar-refractivity contribution in [3.63, 3.8) is 0 Å². The first-order valence-corrected chi connectivity index (χ1v) is 5.40. The normalized spacial score (nSPS) is 24.3. The van der Waals surface area contributed by atoms with E-state index in [1.54, 1.807) is 0 Å². The van der Waals surface area contributed by atoms with Crippen molar-refractivity contribution >= 4 is 6.09 Å². The Bertz CT molecular complexity index is 443. The third kappa shape index (κ3) is 2.42. The van der Waals surface area contributed by atoms with Gasteiger partial charge in [0.1, 0.15) is 6.61 Å². The lowest BCUT2D eigenvalue weighted by Crippen LogP contribution is -2.48. The van der Waals surface area contributed by atoms with E-state index >= 15 is 0 Å². The van der Waals surface area contributed by atoms with Crippen LogP contribution in [-0.4, -0.2) is 19.2 Å². The summed E-state index contributed by atoms with van der Waals surface area (Å²) in [6, 6.07) is 4.92. The van der Waals surface area contributed by atoms with Gasteiger partial charge in [0.05, 0.1) is 5.56 Å². The fraction of sp³-hybridized carbons (Fsp3) is 0.417. The maximum absolute atomic E-state index is 12.4. The van der Waals surface area contributed by atoms with Crippen LogP contribution in [0.5, 0.6) is 0 Å².